The molecule has 0 radical (unpaired) electrons. The van der Waals surface area contributed by atoms with Crippen molar-refractivity contribution in [2.75, 3.05) is 11.9 Å². The Morgan fingerprint density at radius 3 is 2.70 bits per heavy atom. The number of aryl methyl sites for hydroxylation is 1. The largest absolute Gasteiger partial charge is 0.394 e. The molecule has 0 saturated carbocycles. The molecule has 2 unspecified atom stereocenters. The van der Waals surface area contributed by atoms with Crippen LogP contribution in [0.5, 0.6) is 0 Å². The highest BCUT2D eigenvalue weighted by Gasteiger charge is 2.36. The quantitative estimate of drug-likeness (QED) is 0.375. The molecule has 10 nitrogen and oxygen atoms in total. The molecule has 182 valence electrons. The predicted molar refractivity (Wildman–Crippen MR) is 125 cm³/mol. The van der Waals surface area contributed by atoms with E-state index >= 15 is 0 Å². The van der Waals surface area contributed by atoms with Crippen LogP contribution in [0.2, 0.25) is 0 Å². The minimum atomic E-state index is -3.59. The van der Waals surface area contributed by atoms with Crippen LogP contribution in [0.25, 0.3) is 0 Å². The SMILES string of the molecule is CC1(C)CCc2c1nc1c(c2NC(O)N=S(N)(=O)c2cc(CO)n(C(C)(C)CO)n2)CCC1. The Morgan fingerprint density at radius 2 is 2.03 bits per heavy atom. The number of aromatic nitrogens is 3. The fourth-order valence-corrected chi connectivity index (χ4v) is 5.72. The number of pyridine rings is 1. The molecule has 0 spiro atoms. The molecule has 0 bridgehead atoms. The van der Waals surface area contributed by atoms with Crippen molar-refractivity contribution < 1.29 is 19.5 Å². The normalized spacial score (nSPS) is 19.6. The van der Waals surface area contributed by atoms with E-state index in [-0.39, 0.29) is 23.7 Å². The lowest BCUT2D eigenvalue weighted by Crippen LogP contribution is -2.33. The zero-order valence-electron chi connectivity index (χ0n) is 19.6. The zero-order valence-corrected chi connectivity index (χ0v) is 20.4. The van der Waals surface area contributed by atoms with E-state index in [1.807, 2.05) is 0 Å². The zero-order chi connectivity index (χ0) is 24.2. The lowest BCUT2D eigenvalue weighted by Gasteiger charge is -2.24. The maximum absolute atomic E-state index is 13.2. The van der Waals surface area contributed by atoms with Crippen LogP contribution in [0.3, 0.4) is 0 Å². The van der Waals surface area contributed by atoms with Gasteiger partial charge in [-0.05, 0) is 57.1 Å². The van der Waals surface area contributed by atoms with Crippen molar-refractivity contribution in [3.05, 3.63) is 34.3 Å². The minimum Gasteiger partial charge on any atom is -0.394 e. The molecule has 33 heavy (non-hydrogen) atoms. The van der Waals surface area contributed by atoms with E-state index in [4.69, 9.17) is 10.1 Å². The van der Waals surface area contributed by atoms with Gasteiger partial charge in [0.1, 0.15) is 0 Å². The fourth-order valence-electron chi connectivity index (χ4n) is 4.76. The molecule has 2 atom stereocenters. The fraction of sp³-hybridized carbons (Fsp3) is 0.636. The maximum atomic E-state index is 13.2. The molecule has 2 aromatic rings. The van der Waals surface area contributed by atoms with Crippen LogP contribution in [-0.4, -0.2) is 47.3 Å². The molecule has 0 aliphatic heterocycles. The number of aliphatic hydroxyl groups is 3. The smallest absolute Gasteiger partial charge is 0.233 e. The highest BCUT2D eigenvalue weighted by Crippen LogP contribution is 2.44. The second kappa shape index (κ2) is 8.31. The molecule has 0 amide bonds. The van der Waals surface area contributed by atoms with Gasteiger partial charge in [0.2, 0.25) is 6.35 Å². The molecular weight excluding hydrogens is 444 g/mol. The third-order valence-corrected chi connectivity index (χ3v) is 7.99. The summed E-state index contributed by atoms with van der Waals surface area (Å²) >= 11 is 0. The lowest BCUT2D eigenvalue weighted by molar-refractivity contribution is 0.140. The molecular formula is C22H34N6O4S. The average Bonchev–Trinajstić information content (AvgIpc) is 3.45. The van der Waals surface area contributed by atoms with Crippen LogP contribution in [-0.2, 0) is 46.7 Å². The van der Waals surface area contributed by atoms with E-state index in [0.717, 1.165) is 60.3 Å². The van der Waals surface area contributed by atoms with Crippen LogP contribution in [0.1, 0.15) is 68.7 Å². The second-order valence-corrected chi connectivity index (χ2v) is 11.9. The molecule has 0 fully saturated rings. The van der Waals surface area contributed by atoms with E-state index in [2.05, 4.69) is 28.6 Å². The number of fused-ring (bicyclic) bond motifs is 2. The number of nitrogens with one attached hydrogen (secondary N) is 1. The molecule has 2 aromatic heterocycles. The standard InChI is InChI=1S/C22H34N6O4S/c1-21(2)9-8-15-18(14-6-5-7-16(14)24-19(15)21)25-20(31)27-33(23,32)17-10-13(11-29)28(26-17)22(3,4)12-30/h10,20,29-31H,5-9,11-12H2,1-4H3,(H,24,25)(H2,23,27,32). The Labute approximate surface area is 194 Å². The van der Waals surface area contributed by atoms with Gasteiger partial charge in [-0.1, -0.05) is 13.8 Å². The summed E-state index contributed by atoms with van der Waals surface area (Å²) in [6.45, 7) is 7.17. The van der Waals surface area contributed by atoms with Gasteiger partial charge in [0, 0.05) is 22.9 Å². The van der Waals surface area contributed by atoms with E-state index in [0.29, 0.717) is 5.69 Å². The molecule has 2 heterocycles. The van der Waals surface area contributed by atoms with Crippen LogP contribution in [0, 0.1) is 0 Å². The Bertz CT molecular complexity index is 1200. The first-order valence-electron chi connectivity index (χ1n) is 11.2. The van der Waals surface area contributed by atoms with E-state index in [1.165, 1.54) is 10.7 Å². The van der Waals surface area contributed by atoms with E-state index in [9.17, 15) is 19.5 Å². The summed E-state index contributed by atoms with van der Waals surface area (Å²) in [4.78, 5) is 4.94. The van der Waals surface area contributed by atoms with Gasteiger partial charge in [-0.3, -0.25) is 9.67 Å². The van der Waals surface area contributed by atoms with Crippen molar-refractivity contribution in [2.24, 2.45) is 9.50 Å². The summed E-state index contributed by atoms with van der Waals surface area (Å²) in [5.41, 5.74) is 4.54. The summed E-state index contributed by atoms with van der Waals surface area (Å²) in [6.07, 6.45) is 3.06. The second-order valence-electron chi connectivity index (χ2n) is 10.2. The monoisotopic (exact) mass is 478 g/mol. The highest BCUT2D eigenvalue weighted by molar-refractivity contribution is 7.91. The number of anilines is 1. The summed E-state index contributed by atoms with van der Waals surface area (Å²) in [5.74, 6) is 0. The van der Waals surface area contributed by atoms with Gasteiger partial charge in [0.25, 0.3) is 0 Å². The average molecular weight is 479 g/mol. The third kappa shape index (κ3) is 4.28. The van der Waals surface area contributed by atoms with Gasteiger partial charge in [-0.25, -0.2) is 9.35 Å². The van der Waals surface area contributed by atoms with Crippen LogP contribution in [0.15, 0.2) is 15.5 Å². The third-order valence-electron chi connectivity index (χ3n) is 6.68. The van der Waals surface area contributed by atoms with Crippen molar-refractivity contribution in [3.63, 3.8) is 0 Å². The van der Waals surface area contributed by atoms with Crippen molar-refractivity contribution in [2.45, 2.75) is 88.7 Å². The Kier molecular flexibility index (Phi) is 6.07. The van der Waals surface area contributed by atoms with Gasteiger partial charge in [-0.2, -0.15) is 9.46 Å². The number of nitrogens with two attached hydrogens (primary N) is 1. The van der Waals surface area contributed by atoms with Crippen molar-refractivity contribution in [1.29, 1.82) is 0 Å². The van der Waals surface area contributed by atoms with Gasteiger partial charge < -0.3 is 20.6 Å². The van der Waals surface area contributed by atoms with E-state index in [1.54, 1.807) is 13.8 Å². The van der Waals surface area contributed by atoms with Crippen LogP contribution >= 0.6 is 0 Å². The predicted octanol–water partition coefficient (Wildman–Crippen LogP) is 1.30. The Hall–Kier alpha value is -2.05. The lowest BCUT2D eigenvalue weighted by atomic mass is 9.90. The van der Waals surface area contributed by atoms with Gasteiger partial charge in [0.05, 0.1) is 30.1 Å². The summed E-state index contributed by atoms with van der Waals surface area (Å²) in [7, 11) is -3.59. The number of nitrogens with zero attached hydrogens (tertiary/aromatic N) is 4. The van der Waals surface area contributed by atoms with Gasteiger partial charge in [0.15, 0.2) is 14.9 Å². The van der Waals surface area contributed by atoms with Crippen molar-refractivity contribution >= 4 is 15.6 Å². The topological polar surface area (TPSA) is 159 Å². The number of hydrogen-bond donors (Lipinski definition) is 5. The minimum absolute atomic E-state index is 0.0417. The number of hydrogen-bond acceptors (Lipinski definition) is 8. The van der Waals surface area contributed by atoms with Crippen LogP contribution < -0.4 is 10.5 Å². The highest BCUT2D eigenvalue weighted by atomic mass is 32.2. The summed E-state index contributed by atoms with van der Waals surface area (Å²) in [5, 5.41) is 43.3. The number of aliphatic hydroxyl groups excluding tert-OH is 3. The summed E-state index contributed by atoms with van der Waals surface area (Å²) < 4.78 is 18.6. The first-order chi connectivity index (χ1) is 15.4. The maximum Gasteiger partial charge on any atom is 0.233 e. The van der Waals surface area contributed by atoms with E-state index < -0.39 is 21.8 Å². The Balaban J connectivity index is 1.69. The molecule has 11 heteroatoms. The molecule has 6 N–H and O–H groups in total. The molecule has 4 rings (SSSR count). The summed E-state index contributed by atoms with van der Waals surface area (Å²) in [6, 6.07) is 1.39. The van der Waals surface area contributed by atoms with Crippen LogP contribution in [0.4, 0.5) is 5.69 Å². The number of rotatable bonds is 7. The molecule has 2 aliphatic carbocycles. The van der Waals surface area contributed by atoms with Gasteiger partial charge >= 0.3 is 0 Å². The van der Waals surface area contributed by atoms with Crippen molar-refractivity contribution in [1.82, 2.24) is 14.8 Å². The molecule has 0 saturated heterocycles. The van der Waals surface area contributed by atoms with Crippen molar-refractivity contribution in [3.8, 4) is 0 Å². The molecule has 2 aliphatic rings. The first kappa shape index (κ1) is 24.1. The first-order valence-corrected chi connectivity index (χ1v) is 12.8. The Morgan fingerprint density at radius 1 is 1.30 bits per heavy atom. The molecule has 0 aromatic carbocycles. The van der Waals surface area contributed by atoms with Gasteiger partial charge in [-0.15, -0.1) is 0 Å².